The van der Waals surface area contributed by atoms with Crippen LogP contribution in [0.25, 0.3) is 38.3 Å². The second-order valence-electron chi connectivity index (χ2n) is 6.95. The molecule has 0 amide bonds. The Morgan fingerprint density at radius 3 is 2.10 bits per heavy atom. The number of carboxylic acid groups (broad SMARTS) is 1. The fourth-order valence-corrected chi connectivity index (χ4v) is 4.69. The molecule has 4 N–H and O–H groups in total. The Labute approximate surface area is 174 Å². The Kier molecular flexibility index (Phi) is 3.82. The second kappa shape index (κ2) is 6.24. The third-order valence-electron chi connectivity index (χ3n) is 5.21. The van der Waals surface area contributed by atoms with Gasteiger partial charge in [-0.2, -0.15) is 8.42 Å². The molecule has 0 aliphatic carbocycles. The molecule has 2 bridgehead atoms. The molecule has 6 aromatic rings. The van der Waals surface area contributed by atoms with Crippen LogP contribution >= 0.6 is 0 Å². The molecule has 0 saturated carbocycles. The van der Waals surface area contributed by atoms with Crippen LogP contribution in [0.4, 0.5) is 0 Å². The number of carbonyl (C=O) groups is 1. The summed E-state index contributed by atoms with van der Waals surface area (Å²) in [5.74, 6) is -2.42. The number of hydrogen-bond acceptors (Lipinski definition) is 6. The van der Waals surface area contributed by atoms with Gasteiger partial charge in [-0.25, -0.2) is 4.79 Å². The van der Waals surface area contributed by atoms with E-state index in [9.17, 15) is 33.1 Å². The smallest absolute Gasteiger partial charge is 0.342 e. The highest BCUT2D eigenvalue weighted by Gasteiger charge is 2.35. The van der Waals surface area contributed by atoms with Crippen molar-refractivity contribution in [2.45, 2.75) is 4.90 Å². The van der Waals surface area contributed by atoms with Crippen molar-refractivity contribution in [3.63, 3.8) is 0 Å². The van der Waals surface area contributed by atoms with E-state index in [4.69, 9.17) is 0 Å². The lowest BCUT2D eigenvalue weighted by Gasteiger charge is -2.12. The number of phenols is 2. The minimum atomic E-state index is -4.65. The van der Waals surface area contributed by atoms with E-state index in [-0.39, 0.29) is 33.1 Å². The van der Waals surface area contributed by atoms with E-state index in [0.29, 0.717) is 10.8 Å². The molecule has 0 aliphatic heterocycles. The van der Waals surface area contributed by atoms with Crippen LogP contribution in [-0.2, 0) is 10.1 Å². The van der Waals surface area contributed by atoms with E-state index < -0.39 is 32.5 Å². The number of benzene rings is 4. The second-order valence-corrected chi connectivity index (χ2v) is 8.34. The Balaban J connectivity index is 2.01. The number of nitrogens with zero attached hydrogens (tertiary/aromatic N) is 2. The van der Waals surface area contributed by atoms with Gasteiger partial charge in [-0.3, -0.25) is 4.55 Å². The summed E-state index contributed by atoms with van der Waals surface area (Å²) in [7, 11) is -4.65. The third-order valence-corrected chi connectivity index (χ3v) is 6.10. The number of rotatable bonds is 3. The van der Waals surface area contributed by atoms with Gasteiger partial charge in [0.25, 0.3) is 21.3 Å². The Morgan fingerprint density at radius 1 is 0.903 bits per heavy atom. The number of aromatic carboxylic acids is 1. The number of hydrogen-bond donors (Lipinski definition) is 4. The minimum absolute atomic E-state index is 0.00191. The summed E-state index contributed by atoms with van der Waals surface area (Å²) in [4.78, 5) is 11.3. The molecule has 9 nitrogen and oxygen atoms in total. The molecule has 0 atom stereocenters. The summed E-state index contributed by atoms with van der Waals surface area (Å²) in [6.45, 7) is 0. The van der Waals surface area contributed by atoms with Gasteiger partial charge in [0.1, 0.15) is 10.5 Å². The van der Waals surface area contributed by atoms with Crippen LogP contribution < -0.4 is 4.68 Å². The zero-order valence-electron chi connectivity index (χ0n) is 15.5. The van der Waals surface area contributed by atoms with Crippen molar-refractivity contribution >= 4 is 48.7 Å². The minimum Gasteiger partial charge on any atom is -0.502 e. The van der Waals surface area contributed by atoms with Crippen LogP contribution in [0.1, 0.15) is 10.4 Å². The van der Waals surface area contributed by atoms with E-state index in [1.807, 2.05) is 0 Å². The Morgan fingerprint density at radius 2 is 1.48 bits per heavy atom. The van der Waals surface area contributed by atoms with Gasteiger partial charge >= 0.3 is 5.97 Å². The van der Waals surface area contributed by atoms with Crippen LogP contribution in [-0.4, -0.2) is 39.4 Å². The zero-order chi connectivity index (χ0) is 22.1. The molecule has 154 valence electrons. The largest absolute Gasteiger partial charge is 0.502 e. The first-order valence-corrected chi connectivity index (χ1v) is 10.4. The fourth-order valence-electron chi connectivity index (χ4n) is 3.97. The van der Waals surface area contributed by atoms with Gasteiger partial charge in [0.2, 0.25) is 5.75 Å². The quantitative estimate of drug-likeness (QED) is 0.249. The highest BCUT2D eigenvalue weighted by atomic mass is 32.2. The fraction of sp³-hybridized carbons (Fsp3) is 0. The molecule has 0 saturated heterocycles. The van der Waals surface area contributed by atoms with E-state index >= 15 is 0 Å². The maximum absolute atomic E-state index is 11.8. The number of aromatic nitrogens is 2. The van der Waals surface area contributed by atoms with Gasteiger partial charge < -0.3 is 15.3 Å². The van der Waals surface area contributed by atoms with Crippen molar-refractivity contribution in [1.29, 1.82) is 0 Å². The maximum atomic E-state index is 11.8. The van der Waals surface area contributed by atoms with Crippen LogP contribution in [0.3, 0.4) is 0 Å². The standard InChI is InChI=1S/C21H12N2O7S/c24-14-9-15(31(28,29)30)10-5-1-3-7-12(10)18(14)23-19-13-8-4-2-6-11(13)17(22-23)16(20(19)25)21(26)27/h1-9H,(H3-,22,24,25,26,27,28,29,30)/p+1. The topological polar surface area (TPSA) is 149 Å². The zero-order valence-corrected chi connectivity index (χ0v) is 16.3. The lowest BCUT2D eigenvalue weighted by Crippen LogP contribution is -2.38. The van der Waals surface area contributed by atoms with Crippen LogP contribution in [0.5, 0.6) is 11.5 Å². The average molecular weight is 437 g/mol. The predicted molar refractivity (Wildman–Crippen MR) is 110 cm³/mol. The first kappa shape index (κ1) is 19.0. The molecular formula is C21H13N2O7S+. The molecular weight excluding hydrogens is 424 g/mol. The number of phenolic OH excluding ortho intramolecular Hbond substituents is 1. The van der Waals surface area contributed by atoms with Gasteiger partial charge in [0.15, 0.2) is 11.3 Å². The average Bonchev–Trinajstić information content (AvgIpc) is 2.72. The highest BCUT2D eigenvalue weighted by molar-refractivity contribution is 7.86. The summed E-state index contributed by atoms with van der Waals surface area (Å²) >= 11 is 0. The molecule has 0 unspecified atom stereocenters. The Hall–Kier alpha value is -4.02. The SMILES string of the molecule is O=C(O)c1c(O)c2c3ccccc3c1n[n+]2-c1c(O)cc(S(=O)(=O)O)c2ccccc12. The molecule has 2 aromatic heterocycles. The number of aromatic hydroxyl groups is 2. The third kappa shape index (κ3) is 2.59. The molecule has 6 rings (SSSR count). The summed E-state index contributed by atoms with van der Waals surface area (Å²) in [5.41, 5.74) is -0.315. The lowest BCUT2D eigenvalue weighted by atomic mass is 10.0. The maximum Gasteiger partial charge on any atom is 0.342 e. The number of fused-ring (bicyclic) bond motifs is 3. The van der Waals surface area contributed by atoms with Crippen LogP contribution in [0.15, 0.2) is 59.5 Å². The van der Waals surface area contributed by atoms with Crippen LogP contribution in [0, 0.1) is 0 Å². The van der Waals surface area contributed by atoms with E-state index in [1.165, 1.54) is 16.8 Å². The highest BCUT2D eigenvalue weighted by Crippen LogP contribution is 2.39. The van der Waals surface area contributed by atoms with Crippen molar-refractivity contribution in [2.75, 3.05) is 0 Å². The van der Waals surface area contributed by atoms with E-state index in [1.54, 1.807) is 36.4 Å². The van der Waals surface area contributed by atoms with Gasteiger partial charge in [-0.1, -0.05) is 36.4 Å². The predicted octanol–water partition coefficient (Wildman–Crippen LogP) is 2.61. The van der Waals surface area contributed by atoms with E-state index in [2.05, 4.69) is 5.10 Å². The molecule has 0 radical (unpaired) electrons. The summed E-state index contributed by atoms with van der Waals surface area (Å²) in [6, 6.07) is 13.8. The first-order chi connectivity index (χ1) is 14.7. The summed E-state index contributed by atoms with van der Waals surface area (Å²) < 4.78 is 34.4. The van der Waals surface area contributed by atoms with E-state index in [0.717, 1.165) is 6.07 Å². The van der Waals surface area contributed by atoms with Crippen molar-refractivity contribution in [1.82, 2.24) is 5.10 Å². The molecule has 0 aliphatic rings. The van der Waals surface area contributed by atoms with Crippen molar-refractivity contribution in [3.05, 3.63) is 60.2 Å². The first-order valence-electron chi connectivity index (χ1n) is 8.95. The molecule has 0 spiro atoms. The Bertz CT molecular complexity index is 1660. The monoisotopic (exact) mass is 437 g/mol. The molecule has 4 aromatic carbocycles. The van der Waals surface area contributed by atoms with Crippen molar-refractivity contribution in [2.24, 2.45) is 0 Å². The molecule has 10 heteroatoms. The van der Waals surface area contributed by atoms with Gasteiger partial charge in [0.05, 0.1) is 10.8 Å². The summed E-state index contributed by atoms with van der Waals surface area (Å²) in [5, 5.41) is 36.8. The van der Waals surface area contributed by atoms with Gasteiger partial charge in [-0.05, 0) is 16.8 Å². The van der Waals surface area contributed by atoms with Gasteiger partial charge in [0, 0.05) is 21.9 Å². The summed E-state index contributed by atoms with van der Waals surface area (Å²) in [6.07, 6.45) is 0. The lowest BCUT2D eigenvalue weighted by molar-refractivity contribution is -0.630. The van der Waals surface area contributed by atoms with Crippen molar-refractivity contribution in [3.8, 4) is 17.2 Å². The molecule has 0 fully saturated rings. The number of carboxylic acids is 1. The van der Waals surface area contributed by atoms with Crippen molar-refractivity contribution < 1.29 is 37.8 Å². The normalized spacial score (nSPS) is 12.2. The van der Waals surface area contributed by atoms with Crippen LogP contribution in [0.2, 0.25) is 0 Å². The molecule has 2 heterocycles. The van der Waals surface area contributed by atoms with Gasteiger partial charge in [-0.15, -0.1) is 0 Å². The molecule has 31 heavy (non-hydrogen) atoms.